The molecule has 0 amide bonds. The molecule has 1 aliphatic carbocycles. The molecule has 0 unspecified atom stereocenters. The number of fused-ring (bicyclic) bond motifs is 2. The van der Waals surface area contributed by atoms with Crippen LogP contribution in [-0.2, 0) is 4.79 Å². The lowest BCUT2D eigenvalue weighted by atomic mass is 9.82. The first-order chi connectivity index (χ1) is 12.1. The summed E-state index contributed by atoms with van der Waals surface area (Å²) in [6, 6.07) is 0.738. The van der Waals surface area contributed by atoms with Crippen molar-refractivity contribution in [2.75, 3.05) is 13.6 Å². The number of likely N-dealkylation sites (tertiary alicyclic amines) is 1. The smallest absolute Gasteiger partial charge is 0.303 e. The Hall–Kier alpha value is -1.13. The molecule has 0 aromatic rings. The monoisotopic (exact) mass is 365 g/mol. The normalized spacial score (nSPS) is 28.2. The summed E-state index contributed by atoms with van der Waals surface area (Å²) in [6.45, 7) is 3.52. The van der Waals surface area contributed by atoms with Gasteiger partial charge in [0.1, 0.15) is 0 Å². The first-order valence-electron chi connectivity index (χ1n) is 10.4. The average Bonchev–Trinajstić information content (AvgIpc) is 3.11. The highest BCUT2D eigenvalue weighted by molar-refractivity contribution is 5.66. The molecule has 0 aromatic heterocycles. The van der Waals surface area contributed by atoms with E-state index in [1.165, 1.54) is 45.1 Å². The number of piperidine rings is 1. The maximum atomic E-state index is 10.5. The molecule has 2 aliphatic rings. The molecule has 0 radical (unpaired) electrons. The third-order valence-electron chi connectivity index (χ3n) is 6.10. The van der Waals surface area contributed by atoms with Gasteiger partial charge in [-0.3, -0.25) is 4.79 Å². The van der Waals surface area contributed by atoms with Gasteiger partial charge < -0.3 is 16.2 Å². The number of allylic oxidation sites excluding steroid dienone is 3. The van der Waals surface area contributed by atoms with Crippen LogP contribution in [0, 0.1) is 17.8 Å². The SMILES string of the molecule is CCCCCC/C=C/[C@@H]1[C@@H](C/C=C\CCCC(=O)O)[C@@H]2C[C@H]1N(C)C2.[NH4+]. The molecule has 5 N–H and O–H groups in total. The lowest BCUT2D eigenvalue weighted by molar-refractivity contribution is -0.137. The van der Waals surface area contributed by atoms with E-state index in [0.717, 1.165) is 37.1 Å². The van der Waals surface area contributed by atoms with Crippen LogP contribution >= 0.6 is 0 Å². The van der Waals surface area contributed by atoms with Crippen molar-refractivity contribution in [2.45, 2.75) is 77.2 Å². The minimum Gasteiger partial charge on any atom is -0.481 e. The van der Waals surface area contributed by atoms with Crippen LogP contribution in [0.15, 0.2) is 24.3 Å². The number of carboxylic acids is 1. The van der Waals surface area contributed by atoms with E-state index in [0.29, 0.717) is 5.92 Å². The Morgan fingerprint density at radius 1 is 1.12 bits per heavy atom. The quantitative estimate of drug-likeness (QED) is 0.346. The second-order valence-corrected chi connectivity index (χ2v) is 8.01. The molecule has 2 fully saturated rings. The fourth-order valence-corrected chi connectivity index (χ4v) is 4.74. The predicted molar refractivity (Wildman–Crippen MR) is 111 cm³/mol. The van der Waals surface area contributed by atoms with E-state index < -0.39 is 5.97 Å². The lowest BCUT2D eigenvalue weighted by Crippen LogP contribution is -2.38. The van der Waals surface area contributed by atoms with Crippen LogP contribution in [0.25, 0.3) is 0 Å². The Labute approximate surface area is 160 Å². The fourth-order valence-electron chi connectivity index (χ4n) is 4.74. The number of aliphatic carboxylic acids is 1. The van der Waals surface area contributed by atoms with Crippen molar-refractivity contribution in [1.82, 2.24) is 11.1 Å². The van der Waals surface area contributed by atoms with Crippen molar-refractivity contribution in [1.29, 1.82) is 0 Å². The minimum atomic E-state index is -0.686. The molecule has 0 aromatic carbocycles. The predicted octanol–water partition coefficient (Wildman–Crippen LogP) is 5.66. The number of quaternary nitrogens is 1. The Kier molecular flexibility index (Phi) is 10.8. The molecule has 4 heteroatoms. The summed E-state index contributed by atoms with van der Waals surface area (Å²) < 4.78 is 0. The molecule has 0 spiro atoms. The summed E-state index contributed by atoms with van der Waals surface area (Å²) in [6.07, 6.45) is 20.5. The van der Waals surface area contributed by atoms with Gasteiger partial charge in [-0.15, -0.1) is 0 Å². The zero-order chi connectivity index (χ0) is 18.1. The zero-order valence-corrected chi connectivity index (χ0v) is 17.2. The van der Waals surface area contributed by atoms with Gasteiger partial charge >= 0.3 is 5.97 Å². The van der Waals surface area contributed by atoms with E-state index in [1.54, 1.807) is 0 Å². The largest absolute Gasteiger partial charge is 0.481 e. The number of hydrogen-bond donors (Lipinski definition) is 2. The molecule has 26 heavy (non-hydrogen) atoms. The van der Waals surface area contributed by atoms with Crippen LogP contribution < -0.4 is 6.15 Å². The molecule has 150 valence electrons. The molecule has 2 rings (SSSR count). The van der Waals surface area contributed by atoms with Gasteiger partial charge in [0.2, 0.25) is 0 Å². The number of carbonyl (C=O) groups is 1. The number of nitrogens with zero attached hydrogens (tertiary/aromatic N) is 1. The van der Waals surface area contributed by atoms with Crippen molar-refractivity contribution in [2.24, 2.45) is 17.8 Å². The second-order valence-electron chi connectivity index (χ2n) is 8.01. The van der Waals surface area contributed by atoms with E-state index in [-0.39, 0.29) is 12.6 Å². The van der Waals surface area contributed by atoms with Crippen molar-refractivity contribution in [3.63, 3.8) is 0 Å². The fraction of sp³-hybridized carbons (Fsp3) is 0.773. The Bertz CT molecular complexity index is 461. The summed E-state index contributed by atoms with van der Waals surface area (Å²) in [5.41, 5.74) is 0. The Morgan fingerprint density at radius 3 is 2.62 bits per heavy atom. The highest BCUT2D eigenvalue weighted by Gasteiger charge is 2.48. The van der Waals surface area contributed by atoms with Crippen LogP contribution in [0.4, 0.5) is 0 Å². The topological polar surface area (TPSA) is 77.0 Å². The van der Waals surface area contributed by atoms with Gasteiger partial charge in [-0.2, -0.15) is 0 Å². The molecule has 4 nitrogen and oxygen atoms in total. The maximum Gasteiger partial charge on any atom is 0.303 e. The molecular weight excluding hydrogens is 324 g/mol. The first kappa shape index (κ1) is 22.9. The third-order valence-corrected chi connectivity index (χ3v) is 6.10. The van der Waals surface area contributed by atoms with Crippen molar-refractivity contribution < 1.29 is 9.90 Å². The standard InChI is InChI=1S/C22H37NO2.H3N/c1-3-4-5-6-7-11-14-20-19(18-16-21(20)23(2)17-18)13-10-8-9-12-15-22(24)25;/h8,10-11,14,18-21H,3-7,9,12-13,15-17H2,1-2H3,(H,24,25);1H3/p+1/b10-8-,14-11+;/t18-,19+,20-,21-;/m1./s1. The first-order valence-corrected chi connectivity index (χ1v) is 10.4. The Morgan fingerprint density at radius 2 is 1.88 bits per heavy atom. The molecular formula is C22H41N2O2+. The second kappa shape index (κ2) is 12.3. The molecule has 1 aliphatic heterocycles. The number of hydrogen-bond acceptors (Lipinski definition) is 2. The highest BCUT2D eigenvalue weighted by atomic mass is 16.4. The van der Waals surface area contributed by atoms with Crippen molar-refractivity contribution >= 4 is 5.97 Å². The maximum absolute atomic E-state index is 10.5. The number of unbranched alkanes of at least 4 members (excludes halogenated alkanes) is 5. The van der Waals surface area contributed by atoms with E-state index in [4.69, 9.17) is 5.11 Å². The number of carboxylic acid groups (broad SMARTS) is 1. The van der Waals surface area contributed by atoms with Crippen molar-refractivity contribution in [3.05, 3.63) is 24.3 Å². The van der Waals surface area contributed by atoms with Gasteiger partial charge in [0, 0.05) is 19.0 Å². The summed E-state index contributed by atoms with van der Waals surface area (Å²) in [5.74, 6) is 1.64. The molecule has 2 bridgehead atoms. The van der Waals surface area contributed by atoms with Gasteiger partial charge in [0.05, 0.1) is 0 Å². The van der Waals surface area contributed by atoms with E-state index in [1.807, 2.05) is 0 Å². The molecule has 1 saturated carbocycles. The van der Waals surface area contributed by atoms with E-state index in [2.05, 4.69) is 43.2 Å². The molecule has 1 heterocycles. The van der Waals surface area contributed by atoms with Crippen LogP contribution in [0.1, 0.15) is 71.1 Å². The molecule has 4 atom stereocenters. The number of rotatable bonds is 12. The summed E-state index contributed by atoms with van der Waals surface area (Å²) in [4.78, 5) is 13.1. The van der Waals surface area contributed by atoms with E-state index >= 15 is 0 Å². The van der Waals surface area contributed by atoms with Gasteiger partial charge in [-0.1, -0.05) is 50.5 Å². The van der Waals surface area contributed by atoms with Gasteiger partial charge in [-0.05, 0) is 63.3 Å². The Balaban J connectivity index is 0.00000338. The minimum absolute atomic E-state index is 0. The van der Waals surface area contributed by atoms with E-state index in [9.17, 15) is 4.79 Å². The highest BCUT2D eigenvalue weighted by Crippen LogP contribution is 2.48. The van der Waals surface area contributed by atoms with Crippen LogP contribution in [0.3, 0.4) is 0 Å². The summed E-state index contributed by atoms with van der Waals surface area (Å²) in [5, 5.41) is 8.69. The van der Waals surface area contributed by atoms with Crippen LogP contribution in [-0.4, -0.2) is 35.6 Å². The van der Waals surface area contributed by atoms with Gasteiger partial charge in [-0.25, -0.2) is 0 Å². The van der Waals surface area contributed by atoms with Crippen molar-refractivity contribution in [3.8, 4) is 0 Å². The zero-order valence-electron chi connectivity index (χ0n) is 17.2. The third kappa shape index (κ3) is 6.88. The van der Waals surface area contributed by atoms with Crippen LogP contribution in [0.2, 0.25) is 0 Å². The van der Waals surface area contributed by atoms with Gasteiger partial charge in [0.15, 0.2) is 0 Å². The average molecular weight is 366 g/mol. The van der Waals surface area contributed by atoms with Gasteiger partial charge in [0.25, 0.3) is 0 Å². The summed E-state index contributed by atoms with van der Waals surface area (Å²) in [7, 11) is 2.28. The summed E-state index contributed by atoms with van der Waals surface area (Å²) >= 11 is 0. The van der Waals surface area contributed by atoms with Crippen LogP contribution in [0.5, 0.6) is 0 Å². The lowest BCUT2D eigenvalue weighted by Gasteiger charge is -2.34. The molecule has 1 saturated heterocycles.